The first kappa shape index (κ1) is 15.9. The average molecular weight is 287 g/mol. The third-order valence-electron chi connectivity index (χ3n) is 2.80. The molecule has 0 aliphatic carbocycles. The lowest BCUT2D eigenvalue weighted by atomic mass is 10.1. The molecule has 20 heavy (non-hydrogen) atoms. The highest BCUT2D eigenvalue weighted by Gasteiger charge is 2.28. The Balaban J connectivity index is 2.58. The van der Waals surface area contributed by atoms with E-state index in [1.54, 1.807) is 0 Å². The van der Waals surface area contributed by atoms with Gasteiger partial charge < -0.3 is 26.2 Å². The van der Waals surface area contributed by atoms with Crippen molar-refractivity contribution in [3.63, 3.8) is 0 Å². The molecule has 0 aromatic heterocycles. The van der Waals surface area contributed by atoms with Gasteiger partial charge in [-0.1, -0.05) is 0 Å². The van der Waals surface area contributed by atoms with E-state index in [4.69, 9.17) is 10.2 Å². The number of carboxylic acid groups (broad SMARTS) is 2. The molecule has 2 amide bonds. The van der Waals surface area contributed by atoms with Crippen molar-refractivity contribution >= 4 is 23.8 Å². The first-order valence-electron chi connectivity index (χ1n) is 6.15. The molecule has 112 valence electrons. The van der Waals surface area contributed by atoms with Gasteiger partial charge in [-0.15, -0.1) is 0 Å². The summed E-state index contributed by atoms with van der Waals surface area (Å²) in [5.74, 6) is -3.81. The topological polar surface area (TPSA) is 145 Å². The number of carbonyl (C=O) groups excluding carboxylic acids is 2. The van der Waals surface area contributed by atoms with Crippen molar-refractivity contribution in [1.82, 2.24) is 16.0 Å². The van der Waals surface area contributed by atoms with Crippen molar-refractivity contribution in [2.24, 2.45) is 0 Å². The number of hydrogen-bond donors (Lipinski definition) is 5. The monoisotopic (exact) mass is 287 g/mol. The highest BCUT2D eigenvalue weighted by atomic mass is 16.4. The van der Waals surface area contributed by atoms with Crippen LogP contribution in [0.5, 0.6) is 0 Å². The van der Waals surface area contributed by atoms with E-state index < -0.39 is 48.8 Å². The Kier molecular flexibility index (Phi) is 5.91. The summed E-state index contributed by atoms with van der Waals surface area (Å²) < 4.78 is 0. The smallest absolute Gasteiger partial charge is 0.322 e. The van der Waals surface area contributed by atoms with Gasteiger partial charge in [-0.2, -0.15) is 0 Å². The summed E-state index contributed by atoms with van der Waals surface area (Å²) in [4.78, 5) is 44.5. The minimum atomic E-state index is -1.29. The van der Waals surface area contributed by atoms with Crippen LogP contribution in [-0.2, 0) is 19.2 Å². The van der Waals surface area contributed by atoms with Gasteiger partial charge in [-0.3, -0.25) is 19.2 Å². The Bertz CT molecular complexity index is 405. The quantitative estimate of drug-likeness (QED) is 0.360. The van der Waals surface area contributed by atoms with Gasteiger partial charge in [0, 0.05) is 0 Å². The third kappa shape index (κ3) is 5.22. The SMILES string of the molecule is O=C(O)CNC(=O)C(CC(=O)O)NC(=O)C1CCCN1. The fraction of sp³-hybridized carbons (Fsp3) is 0.636. The highest BCUT2D eigenvalue weighted by molar-refractivity contribution is 5.93. The predicted molar refractivity (Wildman–Crippen MR) is 65.9 cm³/mol. The van der Waals surface area contributed by atoms with Crippen molar-refractivity contribution in [2.75, 3.05) is 13.1 Å². The third-order valence-corrected chi connectivity index (χ3v) is 2.80. The maximum absolute atomic E-state index is 11.8. The molecule has 0 spiro atoms. The molecule has 1 rings (SSSR count). The van der Waals surface area contributed by atoms with E-state index in [-0.39, 0.29) is 0 Å². The van der Waals surface area contributed by atoms with Crippen LogP contribution < -0.4 is 16.0 Å². The maximum atomic E-state index is 11.8. The number of carbonyl (C=O) groups is 4. The van der Waals surface area contributed by atoms with Crippen LogP contribution in [0.1, 0.15) is 19.3 Å². The zero-order valence-electron chi connectivity index (χ0n) is 10.7. The normalized spacial score (nSPS) is 19.1. The van der Waals surface area contributed by atoms with Gasteiger partial charge in [-0.25, -0.2) is 0 Å². The van der Waals surface area contributed by atoms with Gasteiger partial charge in [0.05, 0.1) is 12.5 Å². The number of nitrogens with one attached hydrogen (secondary N) is 3. The van der Waals surface area contributed by atoms with Crippen LogP contribution in [0.15, 0.2) is 0 Å². The summed E-state index contributed by atoms with van der Waals surface area (Å²) in [5.41, 5.74) is 0. The van der Waals surface area contributed by atoms with Crippen LogP contribution in [0, 0.1) is 0 Å². The summed E-state index contributed by atoms with van der Waals surface area (Å²) in [6.07, 6.45) is 0.833. The molecule has 0 aromatic rings. The minimum Gasteiger partial charge on any atom is -0.481 e. The first-order valence-corrected chi connectivity index (χ1v) is 6.15. The fourth-order valence-electron chi connectivity index (χ4n) is 1.85. The zero-order chi connectivity index (χ0) is 15.1. The number of hydrogen-bond acceptors (Lipinski definition) is 5. The lowest BCUT2D eigenvalue weighted by Crippen LogP contribution is -2.52. The van der Waals surface area contributed by atoms with Gasteiger partial charge >= 0.3 is 11.9 Å². The van der Waals surface area contributed by atoms with E-state index in [0.29, 0.717) is 13.0 Å². The molecule has 0 bridgehead atoms. The molecule has 0 radical (unpaired) electrons. The molecule has 1 fully saturated rings. The number of rotatable bonds is 7. The summed E-state index contributed by atoms with van der Waals surface area (Å²) in [6, 6.07) is -1.74. The number of amides is 2. The standard InChI is InChI=1S/C11H17N3O6/c15-8(16)4-7(10(19)13-5-9(17)18)14-11(20)6-2-1-3-12-6/h6-7,12H,1-5H2,(H,13,19)(H,14,20)(H,15,16)(H,17,18). The second-order valence-corrected chi connectivity index (χ2v) is 4.42. The fourth-order valence-corrected chi connectivity index (χ4v) is 1.85. The van der Waals surface area contributed by atoms with E-state index in [0.717, 1.165) is 6.42 Å². The summed E-state index contributed by atoms with van der Waals surface area (Å²) in [7, 11) is 0. The van der Waals surface area contributed by atoms with Crippen LogP contribution in [0.3, 0.4) is 0 Å². The van der Waals surface area contributed by atoms with Crippen LogP contribution in [0.4, 0.5) is 0 Å². The van der Waals surface area contributed by atoms with Crippen LogP contribution >= 0.6 is 0 Å². The van der Waals surface area contributed by atoms with Gasteiger partial charge in [0.25, 0.3) is 0 Å². The minimum absolute atomic E-state index is 0.446. The molecule has 9 heteroatoms. The van der Waals surface area contributed by atoms with Crippen molar-refractivity contribution in [2.45, 2.75) is 31.3 Å². The van der Waals surface area contributed by atoms with Crippen molar-refractivity contribution in [1.29, 1.82) is 0 Å². The Labute approximate surface area is 114 Å². The van der Waals surface area contributed by atoms with E-state index in [1.807, 2.05) is 5.32 Å². The predicted octanol–water partition coefficient (Wildman–Crippen LogP) is -2.10. The Hall–Kier alpha value is -2.16. The van der Waals surface area contributed by atoms with Crippen LogP contribution in [-0.4, -0.2) is 59.1 Å². The molecular weight excluding hydrogens is 270 g/mol. The van der Waals surface area contributed by atoms with Crippen molar-refractivity contribution in [3.8, 4) is 0 Å². The molecule has 1 heterocycles. The van der Waals surface area contributed by atoms with Crippen LogP contribution in [0.2, 0.25) is 0 Å². The lowest BCUT2D eigenvalue weighted by molar-refractivity contribution is -0.141. The van der Waals surface area contributed by atoms with E-state index in [1.165, 1.54) is 0 Å². The van der Waals surface area contributed by atoms with Crippen molar-refractivity contribution in [3.05, 3.63) is 0 Å². The van der Waals surface area contributed by atoms with Gasteiger partial charge in [0.1, 0.15) is 12.6 Å². The van der Waals surface area contributed by atoms with Gasteiger partial charge in [0.2, 0.25) is 11.8 Å². The van der Waals surface area contributed by atoms with E-state index in [2.05, 4.69) is 10.6 Å². The summed E-state index contributed by atoms with van der Waals surface area (Å²) in [6.45, 7) is 0.0550. The largest absolute Gasteiger partial charge is 0.481 e. The zero-order valence-corrected chi connectivity index (χ0v) is 10.7. The van der Waals surface area contributed by atoms with Crippen LogP contribution in [0.25, 0.3) is 0 Å². The van der Waals surface area contributed by atoms with Gasteiger partial charge in [0.15, 0.2) is 0 Å². The Morgan fingerprint density at radius 3 is 2.40 bits per heavy atom. The van der Waals surface area contributed by atoms with E-state index in [9.17, 15) is 19.2 Å². The molecule has 2 unspecified atom stereocenters. The molecule has 2 atom stereocenters. The second kappa shape index (κ2) is 7.43. The lowest BCUT2D eigenvalue weighted by Gasteiger charge is -2.18. The molecular formula is C11H17N3O6. The Morgan fingerprint density at radius 2 is 1.90 bits per heavy atom. The number of carboxylic acids is 2. The molecule has 5 N–H and O–H groups in total. The Morgan fingerprint density at radius 1 is 1.20 bits per heavy atom. The average Bonchev–Trinajstić information content (AvgIpc) is 2.88. The number of aliphatic carboxylic acids is 2. The second-order valence-electron chi connectivity index (χ2n) is 4.42. The molecule has 0 saturated carbocycles. The molecule has 0 aromatic carbocycles. The van der Waals surface area contributed by atoms with E-state index >= 15 is 0 Å². The summed E-state index contributed by atoms with van der Waals surface area (Å²) in [5, 5.41) is 24.5. The molecule has 9 nitrogen and oxygen atoms in total. The van der Waals surface area contributed by atoms with Crippen molar-refractivity contribution < 1.29 is 29.4 Å². The summed E-state index contributed by atoms with van der Waals surface area (Å²) >= 11 is 0. The molecule has 1 aliphatic rings. The molecule has 1 aliphatic heterocycles. The molecule has 1 saturated heterocycles. The highest BCUT2D eigenvalue weighted by Crippen LogP contribution is 2.05. The first-order chi connectivity index (χ1) is 9.40. The van der Waals surface area contributed by atoms with Gasteiger partial charge in [-0.05, 0) is 19.4 Å². The maximum Gasteiger partial charge on any atom is 0.322 e.